The Kier molecular flexibility index (Phi) is 3.71. The third-order valence-electron chi connectivity index (χ3n) is 2.43. The number of benzene rings is 1. The summed E-state index contributed by atoms with van der Waals surface area (Å²) in [6.07, 6.45) is -3.26. The molecule has 0 unspecified atom stereocenters. The highest BCUT2D eigenvalue weighted by molar-refractivity contribution is 5.35. The van der Waals surface area contributed by atoms with E-state index in [4.69, 9.17) is 10.5 Å². The number of hydrogen-bond acceptors (Lipinski definition) is 3. The van der Waals surface area contributed by atoms with Crippen molar-refractivity contribution in [2.45, 2.75) is 12.7 Å². The van der Waals surface area contributed by atoms with Crippen LogP contribution in [0.3, 0.4) is 0 Å². The van der Waals surface area contributed by atoms with E-state index >= 15 is 0 Å². The van der Waals surface area contributed by atoms with Gasteiger partial charge >= 0.3 is 6.18 Å². The molecule has 0 saturated heterocycles. The van der Waals surface area contributed by atoms with Crippen LogP contribution in [-0.2, 0) is 12.7 Å². The summed E-state index contributed by atoms with van der Waals surface area (Å²) in [5, 5.41) is 0. The van der Waals surface area contributed by atoms with Crippen molar-refractivity contribution in [1.82, 2.24) is 4.98 Å². The Labute approximate surface area is 107 Å². The summed E-state index contributed by atoms with van der Waals surface area (Å²) in [5.41, 5.74) is 5.32. The van der Waals surface area contributed by atoms with E-state index in [0.717, 1.165) is 11.6 Å². The van der Waals surface area contributed by atoms with Gasteiger partial charge in [0.1, 0.15) is 11.3 Å². The first-order valence-corrected chi connectivity index (χ1v) is 5.50. The largest absolute Gasteiger partial charge is 0.438 e. The molecule has 0 radical (unpaired) electrons. The fourth-order valence-corrected chi connectivity index (χ4v) is 1.54. The first-order valence-electron chi connectivity index (χ1n) is 5.50. The summed E-state index contributed by atoms with van der Waals surface area (Å²) in [5.74, 6) is -0.198. The third-order valence-corrected chi connectivity index (χ3v) is 2.43. The summed E-state index contributed by atoms with van der Waals surface area (Å²) >= 11 is 0. The van der Waals surface area contributed by atoms with Gasteiger partial charge in [-0.1, -0.05) is 12.1 Å². The van der Waals surface area contributed by atoms with E-state index in [2.05, 4.69) is 4.98 Å². The molecule has 2 rings (SSSR count). The van der Waals surface area contributed by atoms with E-state index in [-0.39, 0.29) is 12.3 Å². The standard InChI is InChI=1S/C13H11F3N2O/c14-13(15,16)11-5-2-6-18-12(11)19-10-4-1-3-9(7-10)8-17/h1-7H,8,17H2. The second kappa shape index (κ2) is 5.27. The molecule has 3 nitrogen and oxygen atoms in total. The molecule has 0 spiro atoms. The molecule has 19 heavy (non-hydrogen) atoms. The van der Waals surface area contributed by atoms with Gasteiger partial charge in [0.25, 0.3) is 0 Å². The van der Waals surface area contributed by atoms with E-state index in [9.17, 15) is 13.2 Å². The number of pyridine rings is 1. The van der Waals surface area contributed by atoms with Crippen molar-refractivity contribution in [3.05, 3.63) is 53.7 Å². The number of halogens is 3. The van der Waals surface area contributed by atoms with Gasteiger partial charge in [-0.25, -0.2) is 4.98 Å². The van der Waals surface area contributed by atoms with Gasteiger partial charge in [-0.2, -0.15) is 13.2 Å². The number of rotatable bonds is 3. The van der Waals surface area contributed by atoms with Crippen LogP contribution in [0.15, 0.2) is 42.6 Å². The van der Waals surface area contributed by atoms with Crippen LogP contribution in [0.5, 0.6) is 11.6 Å². The highest BCUT2D eigenvalue weighted by Crippen LogP contribution is 2.36. The first kappa shape index (κ1) is 13.4. The van der Waals surface area contributed by atoms with Gasteiger partial charge in [0.2, 0.25) is 5.88 Å². The highest BCUT2D eigenvalue weighted by atomic mass is 19.4. The van der Waals surface area contributed by atoms with Crippen molar-refractivity contribution >= 4 is 0 Å². The van der Waals surface area contributed by atoms with Crippen molar-refractivity contribution in [1.29, 1.82) is 0 Å². The van der Waals surface area contributed by atoms with E-state index in [1.165, 1.54) is 12.3 Å². The maximum Gasteiger partial charge on any atom is 0.421 e. The molecule has 1 aromatic carbocycles. The fraction of sp³-hybridized carbons (Fsp3) is 0.154. The van der Waals surface area contributed by atoms with Gasteiger partial charge in [0, 0.05) is 12.7 Å². The molecule has 0 aliphatic rings. The zero-order valence-corrected chi connectivity index (χ0v) is 9.82. The first-order chi connectivity index (χ1) is 9.00. The lowest BCUT2D eigenvalue weighted by molar-refractivity contribution is -0.138. The van der Waals surface area contributed by atoms with Gasteiger partial charge in [-0.3, -0.25) is 0 Å². The zero-order chi connectivity index (χ0) is 13.9. The Bertz CT molecular complexity index is 570. The minimum absolute atomic E-state index is 0.271. The molecule has 2 N–H and O–H groups in total. The van der Waals surface area contributed by atoms with Gasteiger partial charge in [0.15, 0.2) is 0 Å². The molecule has 100 valence electrons. The summed E-state index contributed by atoms with van der Waals surface area (Å²) in [6, 6.07) is 8.69. The maximum atomic E-state index is 12.8. The van der Waals surface area contributed by atoms with Crippen molar-refractivity contribution in [2.24, 2.45) is 5.73 Å². The number of hydrogen-bond donors (Lipinski definition) is 1. The van der Waals surface area contributed by atoms with E-state index in [0.29, 0.717) is 0 Å². The molecule has 0 aliphatic heterocycles. The SMILES string of the molecule is NCc1cccc(Oc2ncccc2C(F)(F)F)c1. The van der Waals surface area contributed by atoms with Gasteiger partial charge < -0.3 is 10.5 Å². The normalized spacial score (nSPS) is 11.4. The van der Waals surface area contributed by atoms with Crippen LogP contribution in [0.4, 0.5) is 13.2 Å². The fourth-order valence-electron chi connectivity index (χ4n) is 1.54. The molecule has 2 aromatic rings. The van der Waals surface area contributed by atoms with Gasteiger partial charge in [0.05, 0.1) is 0 Å². The minimum Gasteiger partial charge on any atom is -0.438 e. The third kappa shape index (κ3) is 3.23. The number of alkyl halides is 3. The Hall–Kier alpha value is -2.08. The van der Waals surface area contributed by atoms with Crippen LogP contribution < -0.4 is 10.5 Å². The summed E-state index contributed by atoms with van der Waals surface area (Å²) in [6.45, 7) is 0.283. The molecular weight excluding hydrogens is 257 g/mol. The number of ether oxygens (including phenoxy) is 1. The number of nitrogens with two attached hydrogens (primary N) is 1. The smallest absolute Gasteiger partial charge is 0.421 e. The molecule has 0 aliphatic carbocycles. The highest BCUT2D eigenvalue weighted by Gasteiger charge is 2.35. The predicted octanol–water partition coefficient (Wildman–Crippen LogP) is 3.35. The lowest BCUT2D eigenvalue weighted by Crippen LogP contribution is -2.08. The molecule has 6 heteroatoms. The van der Waals surface area contributed by atoms with Crippen LogP contribution in [0.1, 0.15) is 11.1 Å². The Balaban J connectivity index is 2.33. The van der Waals surface area contributed by atoms with E-state index in [1.54, 1.807) is 24.3 Å². The lowest BCUT2D eigenvalue weighted by atomic mass is 10.2. The molecule has 0 saturated carbocycles. The van der Waals surface area contributed by atoms with Crippen LogP contribution >= 0.6 is 0 Å². The predicted molar refractivity (Wildman–Crippen MR) is 63.6 cm³/mol. The minimum atomic E-state index is -4.50. The van der Waals surface area contributed by atoms with E-state index < -0.39 is 17.6 Å². The van der Waals surface area contributed by atoms with Gasteiger partial charge in [-0.05, 0) is 29.8 Å². The Morgan fingerprint density at radius 1 is 1.16 bits per heavy atom. The quantitative estimate of drug-likeness (QED) is 0.928. The summed E-state index contributed by atoms with van der Waals surface area (Å²) in [4.78, 5) is 3.62. The Morgan fingerprint density at radius 2 is 1.95 bits per heavy atom. The molecule has 1 aromatic heterocycles. The molecule has 1 heterocycles. The molecule has 0 fully saturated rings. The molecule has 0 bridgehead atoms. The summed E-state index contributed by atoms with van der Waals surface area (Å²) in [7, 11) is 0. The maximum absolute atomic E-state index is 12.8. The van der Waals surface area contributed by atoms with Crippen LogP contribution in [0.25, 0.3) is 0 Å². The molecular formula is C13H11F3N2O. The van der Waals surface area contributed by atoms with Gasteiger partial charge in [-0.15, -0.1) is 0 Å². The molecule has 0 atom stereocenters. The Morgan fingerprint density at radius 3 is 2.63 bits per heavy atom. The lowest BCUT2D eigenvalue weighted by Gasteiger charge is -2.12. The van der Waals surface area contributed by atoms with E-state index in [1.807, 2.05) is 0 Å². The average molecular weight is 268 g/mol. The average Bonchev–Trinajstić information content (AvgIpc) is 2.38. The van der Waals surface area contributed by atoms with Crippen molar-refractivity contribution in [3.8, 4) is 11.6 Å². The monoisotopic (exact) mass is 268 g/mol. The second-order valence-electron chi connectivity index (χ2n) is 3.81. The molecule has 0 amide bonds. The van der Waals surface area contributed by atoms with Crippen LogP contribution in [0, 0.1) is 0 Å². The summed E-state index contributed by atoms with van der Waals surface area (Å²) < 4.78 is 43.5. The van der Waals surface area contributed by atoms with Crippen molar-refractivity contribution in [2.75, 3.05) is 0 Å². The zero-order valence-electron chi connectivity index (χ0n) is 9.82. The van der Waals surface area contributed by atoms with Crippen molar-refractivity contribution in [3.63, 3.8) is 0 Å². The van der Waals surface area contributed by atoms with Crippen LogP contribution in [0.2, 0.25) is 0 Å². The van der Waals surface area contributed by atoms with Crippen LogP contribution in [-0.4, -0.2) is 4.98 Å². The second-order valence-corrected chi connectivity index (χ2v) is 3.81. The van der Waals surface area contributed by atoms with Crippen molar-refractivity contribution < 1.29 is 17.9 Å². The topological polar surface area (TPSA) is 48.1 Å². The number of nitrogens with zero attached hydrogens (tertiary/aromatic N) is 1. The number of aromatic nitrogens is 1.